The van der Waals surface area contributed by atoms with Gasteiger partial charge in [-0.15, -0.1) is 0 Å². The van der Waals surface area contributed by atoms with Gasteiger partial charge in [0, 0.05) is 17.6 Å². The van der Waals surface area contributed by atoms with E-state index in [1.165, 1.54) is 4.68 Å². The molecule has 4 aromatic rings. The minimum absolute atomic E-state index is 0.180. The summed E-state index contributed by atoms with van der Waals surface area (Å²) in [5, 5.41) is 23.9. The Morgan fingerprint density at radius 3 is 2.17 bits per heavy atom. The van der Waals surface area contributed by atoms with Crippen LogP contribution < -0.4 is 5.73 Å². The van der Waals surface area contributed by atoms with E-state index in [9.17, 15) is 10.5 Å². The lowest BCUT2D eigenvalue weighted by molar-refractivity contribution is 0.885. The van der Waals surface area contributed by atoms with Crippen LogP contribution in [-0.2, 0) is 0 Å². The lowest BCUT2D eigenvalue weighted by Crippen LogP contribution is -2.02. The Hall–Kier alpha value is -4.55. The van der Waals surface area contributed by atoms with E-state index in [1.54, 1.807) is 6.08 Å². The third-order valence-corrected chi connectivity index (χ3v) is 4.52. The molecule has 2 heterocycles. The Balaban J connectivity index is 1.84. The summed E-state index contributed by atoms with van der Waals surface area (Å²) in [4.78, 5) is 0. The van der Waals surface area contributed by atoms with Gasteiger partial charge in [-0.2, -0.15) is 15.6 Å². The van der Waals surface area contributed by atoms with Crippen molar-refractivity contribution in [3.8, 4) is 23.5 Å². The average molecular weight is 376 g/mol. The predicted octanol–water partition coefficient (Wildman–Crippen LogP) is 4.18. The molecule has 2 aromatic heterocycles. The molecule has 0 atom stereocenters. The molecule has 138 valence electrons. The Bertz CT molecular complexity index is 1260. The van der Waals surface area contributed by atoms with Crippen molar-refractivity contribution >= 4 is 17.5 Å². The summed E-state index contributed by atoms with van der Waals surface area (Å²) in [6.45, 7) is 0. The van der Waals surface area contributed by atoms with Crippen molar-refractivity contribution < 1.29 is 0 Å². The van der Waals surface area contributed by atoms with E-state index in [1.807, 2.05) is 83.6 Å². The summed E-state index contributed by atoms with van der Waals surface area (Å²) in [6.07, 6.45) is 3.63. The summed E-state index contributed by atoms with van der Waals surface area (Å²) in [7, 11) is 0. The zero-order chi connectivity index (χ0) is 20.2. The Morgan fingerprint density at radius 2 is 1.55 bits per heavy atom. The lowest BCUT2D eigenvalue weighted by Gasteiger charge is -2.06. The number of benzene rings is 2. The summed E-state index contributed by atoms with van der Waals surface area (Å²) in [5.74, 6) is 0.202. The SMILES string of the molecule is N#C/C(=C/c1cccn1-c1ccccc1)c1nn(-c2ccccc2)c(N)c1C#N. The molecular weight excluding hydrogens is 360 g/mol. The zero-order valence-electron chi connectivity index (χ0n) is 15.4. The minimum atomic E-state index is 0.180. The molecule has 4 rings (SSSR count). The highest BCUT2D eigenvalue weighted by molar-refractivity contribution is 5.91. The van der Waals surface area contributed by atoms with E-state index < -0.39 is 0 Å². The van der Waals surface area contributed by atoms with Gasteiger partial charge in [-0.05, 0) is 42.5 Å². The van der Waals surface area contributed by atoms with Crippen molar-refractivity contribution in [2.24, 2.45) is 0 Å². The first-order valence-electron chi connectivity index (χ1n) is 8.92. The number of para-hydroxylation sites is 2. The van der Waals surface area contributed by atoms with Gasteiger partial charge in [0.2, 0.25) is 0 Å². The van der Waals surface area contributed by atoms with Gasteiger partial charge in [-0.25, -0.2) is 4.68 Å². The molecule has 6 nitrogen and oxygen atoms in total. The lowest BCUT2D eigenvalue weighted by atomic mass is 10.1. The molecule has 6 heteroatoms. The number of hydrogen-bond donors (Lipinski definition) is 1. The van der Waals surface area contributed by atoms with E-state index in [2.05, 4.69) is 17.2 Å². The fraction of sp³-hybridized carbons (Fsp3) is 0. The molecule has 2 aromatic carbocycles. The van der Waals surface area contributed by atoms with Crippen molar-refractivity contribution in [1.29, 1.82) is 10.5 Å². The topological polar surface area (TPSA) is 96.3 Å². The molecular formula is C23H16N6. The zero-order valence-corrected chi connectivity index (χ0v) is 15.4. The largest absolute Gasteiger partial charge is 0.382 e. The molecule has 0 bridgehead atoms. The molecule has 0 saturated carbocycles. The number of allylic oxidation sites excluding steroid dienone is 1. The molecule has 0 spiro atoms. The Labute approximate surface area is 168 Å². The molecule has 0 amide bonds. The van der Waals surface area contributed by atoms with Gasteiger partial charge in [-0.1, -0.05) is 36.4 Å². The monoisotopic (exact) mass is 376 g/mol. The summed E-state index contributed by atoms with van der Waals surface area (Å²) in [6, 6.07) is 27.1. The number of rotatable bonds is 4. The number of anilines is 1. The fourth-order valence-electron chi connectivity index (χ4n) is 3.13. The average Bonchev–Trinajstić information content (AvgIpc) is 3.37. The van der Waals surface area contributed by atoms with Crippen molar-refractivity contribution in [1.82, 2.24) is 14.3 Å². The number of aromatic nitrogens is 3. The van der Waals surface area contributed by atoms with E-state index in [-0.39, 0.29) is 22.6 Å². The quantitative estimate of drug-likeness (QED) is 0.540. The third-order valence-electron chi connectivity index (χ3n) is 4.52. The molecule has 0 aliphatic heterocycles. The first-order chi connectivity index (χ1) is 14.2. The number of nitrogens with two attached hydrogens (primary N) is 1. The van der Waals surface area contributed by atoms with Gasteiger partial charge in [-0.3, -0.25) is 0 Å². The second-order valence-corrected chi connectivity index (χ2v) is 6.28. The maximum atomic E-state index is 9.80. The maximum absolute atomic E-state index is 9.80. The highest BCUT2D eigenvalue weighted by Crippen LogP contribution is 2.27. The fourth-order valence-corrected chi connectivity index (χ4v) is 3.13. The molecule has 0 aliphatic rings. The molecule has 29 heavy (non-hydrogen) atoms. The van der Waals surface area contributed by atoms with Crippen LogP contribution in [0.15, 0.2) is 79.0 Å². The van der Waals surface area contributed by atoms with E-state index >= 15 is 0 Å². The highest BCUT2D eigenvalue weighted by Gasteiger charge is 2.20. The second kappa shape index (κ2) is 7.59. The van der Waals surface area contributed by atoms with Gasteiger partial charge >= 0.3 is 0 Å². The number of hydrogen-bond acceptors (Lipinski definition) is 4. The number of nitrogen functional groups attached to an aromatic ring is 1. The first-order valence-corrected chi connectivity index (χ1v) is 8.92. The van der Waals surface area contributed by atoms with Crippen molar-refractivity contribution in [3.05, 3.63) is 95.9 Å². The van der Waals surface area contributed by atoms with Crippen LogP contribution in [0.3, 0.4) is 0 Å². The molecule has 0 saturated heterocycles. The smallest absolute Gasteiger partial charge is 0.145 e. The minimum Gasteiger partial charge on any atom is -0.382 e. The van der Waals surface area contributed by atoms with Crippen LogP contribution in [-0.4, -0.2) is 14.3 Å². The van der Waals surface area contributed by atoms with Crippen LogP contribution in [0.25, 0.3) is 23.0 Å². The molecule has 0 fully saturated rings. The standard InChI is InChI=1S/C23H16N6/c24-15-17(14-20-12-7-13-28(20)18-8-3-1-4-9-18)22-21(16-25)23(26)29(27-22)19-10-5-2-6-11-19/h1-14H,26H2/b17-14-. The van der Waals surface area contributed by atoms with Crippen LogP contribution in [0.5, 0.6) is 0 Å². The summed E-state index contributed by atoms with van der Waals surface area (Å²) in [5.41, 5.74) is 9.36. The van der Waals surface area contributed by atoms with E-state index in [0.29, 0.717) is 0 Å². The van der Waals surface area contributed by atoms with E-state index in [0.717, 1.165) is 17.1 Å². The molecule has 0 aliphatic carbocycles. The van der Waals surface area contributed by atoms with Crippen LogP contribution in [0, 0.1) is 22.7 Å². The summed E-state index contributed by atoms with van der Waals surface area (Å²) < 4.78 is 3.44. The van der Waals surface area contributed by atoms with Crippen molar-refractivity contribution in [3.63, 3.8) is 0 Å². The predicted molar refractivity (Wildman–Crippen MR) is 112 cm³/mol. The van der Waals surface area contributed by atoms with Gasteiger partial charge < -0.3 is 10.3 Å². The van der Waals surface area contributed by atoms with Gasteiger partial charge in [0.25, 0.3) is 0 Å². The van der Waals surface area contributed by atoms with Gasteiger partial charge in [0.15, 0.2) is 0 Å². The molecule has 2 N–H and O–H groups in total. The van der Waals surface area contributed by atoms with Gasteiger partial charge in [0.1, 0.15) is 29.2 Å². The third kappa shape index (κ3) is 3.27. The number of nitrogens with zero attached hydrogens (tertiary/aromatic N) is 5. The van der Waals surface area contributed by atoms with Crippen LogP contribution in [0.4, 0.5) is 5.82 Å². The second-order valence-electron chi connectivity index (χ2n) is 6.28. The van der Waals surface area contributed by atoms with Crippen LogP contribution in [0.2, 0.25) is 0 Å². The maximum Gasteiger partial charge on any atom is 0.145 e. The van der Waals surface area contributed by atoms with Crippen LogP contribution >= 0.6 is 0 Å². The van der Waals surface area contributed by atoms with Crippen molar-refractivity contribution in [2.45, 2.75) is 0 Å². The van der Waals surface area contributed by atoms with Gasteiger partial charge in [0.05, 0.1) is 11.3 Å². The highest BCUT2D eigenvalue weighted by atomic mass is 15.3. The van der Waals surface area contributed by atoms with Crippen LogP contribution in [0.1, 0.15) is 17.0 Å². The van der Waals surface area contributed by atoms with Crippen molar-refractivity contribution in [2.75, 3.05) is 5.73 Å². The Morgan fingerprint density at radius 1 is 0.897 bits per heavy atom. The van der Waals surface area contributed by atoms with E-state index in [4.69, 9.17) is 5.73 Å². The summed E-state index contributed by atoms with van der Waals surface area (Å²) >= 11 is 0. The molecule has 0 radical (unpaired) electrons. The number of nitriles is 2. The normalized spacial score (nSPS) is 11.0. The Kier molecular flexibility index (Phi) is 4.67. The first kappa shape index (κ1) is 17.8. The molecule has 0 unspecified atom stereocenters.